The van der Waals surface area contributed by atoms with Crippen LogP contribution >= 0.6 is 11.6 Å². The van der Waals surface area contributed by atoms with E-state index in [9.17, 15) is 13.2 Å². The van der Waals surface area contributed by atoms with Crippen LogP contribution in [-0.4, -0.2) is 38.4 Å². The van der Waals surface area contributed by atoms with Gasteiger partial charge in [0.2, 0.25) is 0 Å². The predicted molar refractivity (Wildman–Crippen MR) is 81.6 cm³/mol. The molecule has 1 aromatic carbocycles. The molecular formula is C14H19ClF3N3O. The summed E-state index contributed by atoms with van der Waals surface area (Å²) in [6.07, 6.45) is -5.29. The first-order chi connectivity index (χ1) is 10.3. The second kappa shape index (κ2) is 8.73. The highest BCUT2D eigenvalue weighted by Crippen LogP contribution is 2.18. The third kappa shape index (κ3) is 7.97. The summed E-state index contributed by atoms with van der Waals surface area (Å²) in [7, 11) is 1.49. The molecule has 1 aromatic rings. The SMILES string of the molecule is CN=C(NCCC(F)(F)F)NCC(C)Oc1ccc(Cl)cc1. The summed E-state index contributed by atoms with van der Waals surface area (Å²) in [5, 5.41) is 6.12. The molecule has 124 valence electrons. The van der Waals surface area contributed by atoms with Crippen molar-refractivity contribution in [2.75, 3.05) is 20.1 Å². The molecule has 0 saturated carbocycles. The van der Waals surface area contributed by atoms with E-state index in [2.05, 4.69) is 15.6 Å². The van der Waals surface area contributed by atoms with Crippen LogP contribution in [0.15, 0.2) is 29.3 Å². The molecule has 2 N–H and O–H groups in total. The first kappa shape index (κ1) is 18.4. The van der Waals surface area contributed by atoms with E-state index in [1.165, 1.54) is 7.05 Å². The Morgan fingerprint density at radius 2 is 1.91 bits per heavy atom. The summed E-state index contributed by atoms with van der Waals surface area (Å²) < 4.78 is 41.8. The molecular weight excluding hydrogens is 319 g/mol. The summed E-state index contributed by atoms with van der Waals surface area (Å²) >= 11 is 5.78. The second-order valence-electron chi connectivity index (χ2n) is 4.63. The average molecular weight is 338 g/mol. The number of rotatable bonds is 6. The Kier molecular flexibility index (Phi) is 7.31. The van der Waals surface area contributed by atoms with Gasteiger partial charge in [-0.3, -0.25) is 4.99 Å². The first-order valence-corrected chi connectivity index (χ1v) is 7.11. The fourth-order valence-corrected chi connectivity index (χ4v) is 1.70. The lowest BCUT2D eigenvalue weighted by Gasteiger charge is -2.18. The van der Waals surface area contributed by atoms with Gasteiger partial charge in [-0.05, 0) is 31.2 Å². The van der Waals surface area contributed by atoms with Crippen LogP contribution in [0.5, 0.6) is 5.75 Å². The highest BCUT2D eigenvalue weighted by atomic mass is 35.5. The van der Waals surface area contributed by atoms with Crippen molar-refractivity contribution < 1.29 is 17.9 Å². The average Bonchev–Trinajstić information content (AvgIpc) is 2.44. The zero-order valence-electron chi connectivity index (χ0n) is 12.4. The van der Waals surface area contributed by atoms with Crippen LogP contribution in [0.4, 0.5) is 13.2 Å². The van der Waals surface area contributed by atoms with Gasteiger partial charge in [0.15, 0.2) is 5.96 Å². The van der Waals surface area contributed by atoms with Gasteiger partial charge in [-0.15, -0.1) is 0 Å². The number of halogens is 4. The van der Waals surface area contributed by atoms with E-state index in [-0.39, 0.29) is 12.6 Å². The van der Waals surface area contributed by atoms with Crippen molar-refractivity contribution in [2.24, 2.45) is 4.99 Å². The Morgan fingerprint density at radius 1 is 1.27 bits per heavy atom. The molecule has 1 unspecified atom stereocenters. The maximum atomic E-state index is 12.1. The monoisotopic (exact) mass is 337 g/mol. The van der Waals surface area contributed by atoms with Crippen molar-refractivity contribution in [3.05, 3.63) is 29.3 Å². The number of aliphatic imine (C=N–C) groups is 1. The maximum absolute atomic E-state index is 12.1. The number of benzene rings is 1. The second-order valence-corrected chi connectivity index (χ2v) is 5.06. The highest BCUT2D eigenvalue weighted by molar-refractivity contribution is 6.30. The molecule has 0 aliphatic carbocycles. The third-order valence-corrected chi connectivity index (χ3v) is 2.88. The van der Waals surface area contributed by atoms with Crippen molar-refractivity contribution in [2.45, 2.75) is 25.6 Å². The summed E-state index contributed by atoms with van der Waals surface area (Å²) in [4.78, 5) is 3.85. The zero-order valence-corrected chi connectivity index (χ0v) is 13.1. The van der Waals surface area contributed by atoms with E-state index in [1.807, 2.05) is 6.92 Å². The Labute approximate surface area is 132 Å². The molecule has 0 aliphatic heterocycles. The van der Waals surface area contributed by atoms with Gasteiger partial charge in [0.25, 0.3) is 0 Å². The summed E-state index contributed by atoms with van der Waals surface area (Å²) in [6, 6.07) is 6.92. The highest BCUT2D eigenvalue weighted by Gasteiger charge is 2.26. The minimum absolute atomic E-state index is 0.192. The van der Waals surface area contributed by atoms with Gasteiger partial charge < -0.3 is 15.4 Å². The lowest BCUT2D eigenvalue weighted by atomic mass is 10.3. The predicted octanol–water partition coefficient (Wildman–Crippen LogP) is 3.22. The Bertz CT molecular complexity index is 477. The molecule has 0 saturated heterocycles. The number of nitrogens with one attached hydrogen (secondary N) is 2. The van der Waals surface area contributed by atoms with Gasteiger partial charge in [-0.25, -0.2) is 0 Å². The van der Waals surface area contributed by atoms with Crippen LogP contribution < -0.4 is 15.4 Å². The molecule has 1 rings (SSSR count). The number of ether oxygens (including phenoxy) is 1. The Balaban J connectivity index is 2.31. The van der Waals surface area contributed by atoms with Crippen molar-refractivity contribution in [1.29, 1.82) is 0 Å². The molecule has 0 heterocycles. The van der Waals surface area contributed by atoms with Crippen molar-refractivity contribution >= 4 is 17.6 Å². The molecule has 0 aromatic heterocycles. The van der Waals surface area contributed by atoms with Crippen molar-refractivity contribution in [3.63, 3.8) is 0 Å². The Morgan fingerprint density at radius 3 is 2.45 bits per heavy atom. The summed E-state index contributed by atoms with van der Waals surface area (Å²) in [6.45, 7) is 2.01. The van der Waals surface area contributed by atoms with E-state index >= 15 is 0 Å². The molecule has 0 amide bonds. The summed E-state index contributed by atoms with van der Waals surface area (Å²) in [5.41, 5.74) is 0. The third-order valence-electron chi connectivity index (χ3n) is 2.63. The smallest absolute Gasteiger partial charge is 0.390 e. The van der Waals surface area contributed by atoms with Gasteiger partial charge >= 0.3 is 6.18 Å². The molecule has 1 atom stereocenters. The molecule has 0 aliphatic rings. The standard InChI is InChI=1S/C14H19ClF3N3O/c1-10(22-12-5-3-11(15)4-6-12)9-21-13(19-2)20-8-7-14(16,17)18/h3-6,10H,7-9H2,1-2H3,(H2,19,20,21). The first-order valence-electron chi connectivity index (χ1n) is 6.73. The van der Waals surface area contributed by atoms with E-state index in [4.69, 9.17) is 16.3 Å². The number of guanidine groups is 1. The van der Waals surface area contributed by atoms with Crippen LogP contribution in [0.25, 0.3) is 0 Å². The van der Waals surface area contributed by atoms with Crippen molar-refractivity contribution in [1.82, 2.24) is 10.6 Å². The van der Waals surface area contributed by atoms with Crippen molar-refractivity contribution in [3.8, 4) is 5.75 Å². The van der Waals surface area contributed by atoms with Crippen LogP contribution in [0, 0.1) is 0 Å². The molecule has 0 bridgehead atoms. The largest absolute Gasteiger partial charge is 0.489 e. The lowest BCUT2D eigenvalue weighted by molar-refractivity contribution is -0.132. The maximum Gasteiger partial charge on any atom is 0.390 e. The van der Waals surface area contributed by atoms with Gasteiger partial charge in [0, 0.05) is 18.6 Å². The van der Waals surface area contributed by atoms with Gasteiger partial charge in [0.1, 0.15) is 11.9 Å². The van der Waals surface area contributed by atoms with Crippen LogP contribution in [0.3, 0.4) is 0 Å². The van der Waals surface area contributed by atoms with E-state index in [1.54, 1.807) is 24.3 Å². The zero-order chi connectivity index (χ0) is 16.6. The van der Waals surface area contributed by atoms with Gasteiger partial charge in [0.05, 0.1) is 13.0 Å². The van der Waals surface area contributed by atoms with Gasteiger partial charge in [-0.1, -0.05) is 11.6 Å². The molecule has 8 heteroatoms. The number of alkyl halides is 3. The normalized spacial score (nSPS) is 13.6. The summed E-state index contributed by atoms with van der Waals surface area (Å²) in [5.74, 6) is 0.967. The van der Waals surface area contributed by atoms with Crippen LogP contribution in [0.1, 0.15) is 13.3 Å². The molecule has 0 spiro atoms. The van der Waals surface area contributed by atoms with E-state index in [0.717, 1.165) is 0 Å². The van der Waals surface area contributed by atoms with E-state index in [0.29, 0.717) is 23.3 Å². The lowest BCUT2D eigenvalue weighted by Crippen LogP contribution is -2.42. The fourth-order valence-electron chi connectivity index (χ4n) is 1.57. The van der Waals surface area contributed by atoms with E-state index < -0.39 is 12.6 Å². The quantitative estimate of drug-likeness (QED) is 0.619. The molecule has 22 heavy (non-hydrogen) atoms. The number of hydrogen-bond acceptors (Lipinski definition) is 2. The molecule has 0 radical (unpaired) electrons. The Hall–Kier alpha value is -1.63. The number of nitrogens with zero attached hydrogens (tertiary/aromatic N) is 1. The minimum atomic E-state index is -4.18. The minimum Gasteiger partial charge on any atom is -0.489 e. The van der Waals surface area contributed by atoms with Gasteiger partial charge in [-0.2, -0.15) is 13.2 Å². The number of hydrogen-bond donors (Lipinski definition) is 2. The topological polar surface area (TPSA) is 45.7 Å². The fraction of sp³-hybridized carbons (Fsp3) is 0.500. The van der Waals surface area contributed by atoms with Crippen LogP contribution in [0.2, 0.25) is 5.02 Å². The van der Waals surface area contributed by atoms with Crippen LogP contribution in [-0.2, 0) is 0 Å². The molecule has 4 nitrogen and oxygen atoms in total. The molecule has 0 fully saturated rings.